The number of hydrogen-bond donors (Lipinski definition) is 1. The summed E-state index contributed by atoms with van der Waals surface area (Å²) in [6, 6.07) is 5.99. The molecule has 3 nitrogen and oxygen atoms in total. The fourth-order valence-corrected chi connectivity index (χ4v) is 2.11. The first-order valence-corrected chi connectivity index (χ1v) is 7.95. The van der Waals surface area contributed by atoms with Crippen molar-refractivity contribution in [3.05, 3.63) is 36.4 Å². The first-order valence-electron chi connectivity index (χ1n) is 7.95. The smallest absolute Gasteiger partial charge is 0.123 e. The molecule has 1 aromatic rings. The van der Waals surface area contributed by atoms with Crippen LogP contribution in [-0.2, 0) is 6.42 Å². The van der Waals surface area contributed by atoms with Gasteiger partial charge in [0, 0.05) is 12.1 Å². The molecule has 1 rings (SSSR count). The molecule has 0 aliphatic heterocycles. The van der Waals surface area contributed by atoms with E-state index in [1.165, 1.54) is 12.8 Å². The van der Waals surface area contributed by atoms with Crippen molar-refractivity contribution < 1.29 is 9.47 Å². The van der Waals surface area contributed by atoms with Gasteiger partial charge in [-0.15, -0.1) is 6.58 Å². The maximum absolute atomic E-state index is 6.05. The fraction of sp³-hybridized carbons (Fsp3) is 0.556. The van der Waals surface area contributed by atoms with Gasteiger partial charge in [0.05, 0.1) is 6.61 Å². The zero-order valence-corrected chi connectivity index (χ0v) is 13.7. The van der Waals surface area contributed by atoms with Crippen molar-refractivity contribution in [3.8, 4) is 11.5 Å². The first kappa shape index (κ1) is 17.6. The third kappa shape index (κ3) is 6.67. The Hall–Kier alpha value is -1.48. The van der Waals surface area contributed by atoms with E-state index in [0.29, 0.717) is 6.61 Å². The maximum Gasteiger partial charge on any atom is 0.123 e. The van der Waals surface area contributed by atoms with Crippen molar-refractivity contribution in [2.45, 2.75) is 46.1 Å². The predicted octanol–water partition coefficient (Wildman–Crippen LogP) is 3.97. The summed E-state index contributed by atoms with van der Waals surface area (Å²) in [6.45, 7) is 12.7. The lowest BCUT2D eigenvalue weighted by Crippen LogP contribution is -2.29. The summed E-state index contributed by atoms with van der Waals surface area (Å²) < 4.78 is 11.6. The molecular formula is C18H29NO2. The quantitative estimate of drug-likeness (QED) is 0.494. The highest BCUT2D eigenvalue weighted by Gasteiger charge is 2.09. The molecule has 0 radical (unpaired) electrons. The topological polar surface area (TPSA) is 30.5 Å². The number of rotatable bonds is 11. The number of benzene rings is 1. The van der Waals surface area contributed by atoms with E-state index in [1.807, 2.05) is 31.2 Å². The van der Waals surface area contributed by atoms with E-state index in [2.05, 4.69) is 25.7 Å². The Morgan fingerprint density at radius 2 is 2.14 bits per heavy atom. The van der Waals surface area contributed by atoms with Gasteiger partial charge in [-0.2, -0.15) is 0 Å². The molecule has 0 saturated heterocycles. The molecule has 0 fully saturated rings. The van der Waals surface area contributed by atoms with Gasteiger partial charge in [0.15, 0.2) is 0 Å². The number of nitrogens with one attached hydrogen (secondary N) is 1. The SMILES string of the molecule is C=CCc1cc(OCC)ccc1OC(C)CNCCCC. The summed E-state index contributed by atoms with van der Waals surface area (Å²) in [6.07, 6.45) is 5.24. The van der Waals surface area contributed by atoms with Crippen molar-refractivity contribution in [3.63, 3.8) is 0 Å². The molecule has 0 bridgehead atoms. The molecule has 0 amide bonds. The molecule has 0 saturated carbocycles. The van der Waals surface area contributed by atoms with E-state index in [0.717, 1.165) is 36.6 Å². The lowest BCUT2D eigenvalue weighted by Gasteiger charge is -2.18. The summed E-state index contributed by atoms with van der Waals surface area (Å²) in [5, 5.41) is 3.42. The summed E-state index contributed by atoms with van der Waals surface area (Å²) >= 11 is 0. The molecular weight excluding hydrogens is 262 g/mol. The minimum atomic E-state index is 0.142. The second-order valence-corrected chi connectivity index (χ2v) is 5.18. The second-order valence-electron chi connectivity index (χ2n) is 5.18. The van der Waals surface area contributed by atoms with Gasteiger partial charge in [0.25, 0.3) is 0 Å². The van der Waals surface area contributed by atoms with Crippen LogP contribution < -0.4 is 14.8 Å². The molecule has 0 spiro atoms. The Labute approximate surface area is 129 Å². The van der Waals surface area contributed by atoms with Gasteiger partial charge in [-0.05, 0) is 51.4 Å². The van der Waals surface area contributed by atoms with E-state index in [1.54, 1.807) is 0 Å². The van der Waals surface area contributed by atoms with Gasteiger partial charge < -0.3 is 14.8 Å². The van der Waals surface area contributed by atoms with E-state index in [-0.39, 0.29) is 6.10 Å². The first-order chi connectivity index (χ1) is 10.2. The molecule has 0 aliphatic carbocycles. The minimum Gasteiger partial charge on any atom is -0.494 e. The van der Waals surface area contributed by atoms with E-state index in [4.69, 9.17) is 9.47 Å². The standard InChI is InChI=1S/C18H29NO2/c1-5-8-12-19-14-15(4)21-18-11-10-17(20-7-3)13-16(18)9-6-2/h6,10-11,13,15,19H,2,5,7-9,12,14H2,1,3-4H3. The Morgan fingerprint density at radius 1 is 1.33 bits per heavy atom. The van der Waals surface area contributed by atoms with E-state index >= 15 is 0 Å². The normalized spacial score (nSPS) is 12.0. The molecule has 3 heteroatoms. The van der Waals surface area contributed by atoms with Crippen LogP contribution in [0, 0.1) is 0 Å². The monoisotopic (exact) mass is 291 g/mol. The molecule has 0 aliphatic rings. The highest BCUT2D eigenvalue weighted by molar-refractivity contribution is 5.41. The van der Waals surface area contributed by atoms with Crippen LogP contribution in [0.25, 0.3) is 0 Å². The Balaban J connectivity index is 2.61. The van der Waals surface area contributed by atoms with Gasteiger partial charge in [0.1, 0.15) is 17.6 Å². The van der Waals surface area contributed by atoms with Crippen LogP contribution in [0.15, 0.2) is 30.9 Å². The van der Waals surface area contributed by atoms with Crippen molar-refractivity contribution in [2.75, 3.05) is 19.7 Å². The molecule has 1 N–H and O–H groups in total. The van der Waals surface area contributed by atoms with Crippen LogP contribution >= 0.6 is 0 Å². The van der Waals surface area contributed by atoms with Crippen molar-refractivity contribution in [1.82, 2.24) is 5.32 Å². The lowest BCUT2D eigenvalue weighted by molar-refractivity contribution is 0.215. The number of hydrogen-bond acceptors (Lipinski definition) is 3. The van der Waals surface area contributed by atoms with Gasteiger partial charge in [-0.25, -0.2) is 0 Å². The average molecular weight is 291 g/mol. The largest absolute Gasteiger partial charge is 0.494 e. The highest BCUT2D eigenvalue weighted by atomic mass is 16.5. The van der Waals surface area contributed by atoms with Crippen molar-refractivity contribution >= 4 is 0 Å². The molecule has 1 unspecified atom stereocenters. The van der Waals surface area contributed by atoms with Crippen LogP contribution in [0.3, 0.4) is 0 Å². The van der Waals surface area contributed by atoms with Crippen LogP contribution in [-0.4, -0.2) is 25.8 Å². The van der Waals surface area contributed by atoms with Crippen LogP contribution in [0.1, 0.15) is 39.2 Å². The summed E-state index contributed by atoms with van der Waals surface area (Å²) in [5.41, 5.74) is 1.12. The van der Waals surface area contributed by atoms with E-state index < -0.39 is 0 Å². The van der Waals surface area contributed by atoms with Crippen LogP contribution in [0.4, 0.5) is 0 Å². The average Bonchev–Trinajstić information content (AvgIpc) is 2.47. The predicted molar refractivity (Wildman–Crippen MR) is 89.4 cm³/mol. The fourth-order valence-electron chi connectivity index (χ4n) is 2.11. The van der Waals surface area contributed by atoms with E-state index in [9.17, 15) is 0 Å². The molecule has 1 atom stereocenters. The van der Waals surface area contributed by atoms with Crippen LogP contribution in [0.2, 0.25) is 0 Å². The number of ether oxygens (including phenoxy) is 2. The highest BCUT2D eigenvalue weighted by Crippen LogP contribution is 2.26. The maximum atomic E-state index is 6.05. The Morgan fingerprint density at radius 3 is 2.81 bits per heavy atom. The van der Waals surface area contributed by atoms with Crippen molar-refractivity contribution in [1.29, 1.82) is 0 Å². The molecule has 1 aromatic carbocycles. The summed E-state index contributed by atoms with van der Waals surface area (Å²) in [5.74, 6) is 1.80. The van der Waals surface area contributed by atoms with Gasteiger partial charge in [-0.3, -0.25) is 0 Å². The third-order valence-corrected chi connectivity index (χ3v) is 3.17. The number of unbranched alkanes of at least 4 members (excludes halogenated alkanes) is 1. The zero-order chi connectivity index (χ0) is 15.5. The molecule has 0 aromatic heterocycles. The second kappa shape index (κ2) is 10.3. The third-order valence-electron chi connectivity index (χ3n) is 3.17. The summed E-state index contributed by atoms with van der Waals surface area (Å²) in [4.78, 5) is 0. The molecule has 21 heavy (non-hydrogen) atoms. The van der Waals surface area contributed by atoms with Gasteiger partial charge in [-0.1, -0.05) is 19.4 Å². The van der Waals surface area contributed by atoms with Gasteiger partial charge in [0.2, 0.25) is 0 Å². The van der Waals surface area contributed by atoms with Crippen molar-refractivity contribution in [2.24, 2.45) is 0 Å². The molecule has 0 heterocycles. The van der Waals surface area contributed by atoms with Gasteiger partial charge >= 0.3 is 0 Å². The minimum absolute atomic E-state index is 0.142. The number of allylic oxidation sites excluding steroid dienone is 1. The van der Waals surface area contributed by atoms with Crippen LogP contribution in [0.5, 0.6) is 11.5 Å². The Kier molecular flexibility index (Phi) is 8.60. The Bertz CT molecular complexity index is 418. The zero-order valence-electron chi connectivity index (χ0n) is 13.7. The lowest BCUT2D eigenvalue weighted by atomic mass is 10.1. The molecule has 118 valence electrons. The summed E-state index contributed by atoms with van der Waals surface area (Å²) in [7, 11) is 0.